The fraction of sp³-hybridized carbons (Fsp3) is 0.294. The van der Waals surface area contributed by atoms with E-state index in [0.717, 1.165) is 35.2 Å². The summed E-state index contributed by atoms with van der Waals surface area (Å²) in [5.74, 6) is -0.219. The van der Waals surface area contributed by atoms with Crippen LogP contribution < -0.4 is 0 Å². The molecular formula is C17H18ClFN2. The number of hydrogen-bond acceptors (Lipinski definition) is 2. The van der Waals surface area contributed by atoms with Crippen molar-refractivity contribution in [2.45, 2.75) is 33.6 Å². The van der Waals surface area contributed by atoms with Gasteiger partial charge in [0.2, 0.25) is 5.28 Å². The molecule has 0 spiro atoms. The van der Waals surface area contributed by atoms with Crippen LogP contribution in [0.5, 0.6) is 0 Å². The SMILES string of the molecule is CC/C=C(/c1ccc(CC)cc1F)c1cnc(Cl)nc1C. The Bertz CT molecular complexity index is 680. The molecular weight excluding hydrogens is 287 g/mol. The summed E-state index contributed by atoms with van der Waals surface area (Å²) in [6, 6.07) is 5.36. The predicted octanol–water partition coefficient (Wildman–Crippen LogP) is 4.98. The maximum atomic E-state index is 14.4. The quantitative estimate of drug-likeness (QED) is 0.744. The minimum atomic E-state index is -0.219. The smallest absolute Gasteiger partial charge is 0.222 e. The summed E-state index contributed by atoms with van der Waals surface area (Å²) >= 11 is 5.80. The highest BCUT2D eigenvalue weighted by atomic mass is 35.5. The standard InChI is InChI=1S/C17H18ClFN2/c1-4-6-13(15-10-20-17(18)21-11(15)3)14-8-7-12(5-2)9-16(14)19/h6-10H,4-5H2,1-3H3/b13-6-. The van der Waals surface area contributed by atoms with E-state index in [9.17, 15) is 4.39 Å². The molecule has 0 fully saturated rings. The number of rotatable bonds is 4. The van der Waals surface area contributed by atoms with Gasteiger partial charge in [-0.25, -0.2) is 14.4 Å². The van der Waals surface area contributed by atoms with Crippen molar-refractivity contribution in [2.75, 3.05) is 0 Å². The Kier molecular flexibility index (Phi) is 5.07. The van der Waals surface area contributed by atoms with Crippen LogP contribution in [0.2, 0.25) is 5.28 Å². The predicted molar refractivity (Wildman–Crippen MR) is 84.9 cm³/mol. The molecule has 0 atom stereocenters. The van der Waals surface area contributed by atoms with Gasteiger partial charge in [0, 0.05) is 17.3 Å². The van der Waals surface area contributed by atoms with Crippen molar-refractivity contribution in [3.63, 3.8) is 0 Å². The summed E-state index contributed by atoms with van der Waals surface area (Å²) in [6.45, 7) is 5.88. The Morgan fingerprint density at radius 1 is 1.29 bits per heavy atom. The second kappa shape index (κ2) is 6.81. The molecule has 2 aromatic rings. The van der Waals surface area contributed by atoms with Crippen LogP contribution in [0, 0.1) is 12.7 Å². The van der Waals surface area contributed by atoms with Crippen molar-refractivity contribution >= 4 is 17.2 Å². The zero-order valence-corrected chi connectivity index (χ0v) is 13.2. The van der Waals surface area contributed by atoms with Gasteiger partial charge >= 0.3 is 0 Å². The summed E-state index contributed by atoms with van der Waals surface area (Å²) < 4.78 is 14.4. The first-order valence-corrected chi connectivity index (χ1v) is 7.43. The molecule has 0 amide bonds. The molecule has 2 nitrogen and oxygen atoms in total. The molecule has 0 aliphatic rings. The zero-order chi connectivity index (χ0) is 15.4. The number of aryl methyl sites for hydroxylation is 2. The molecule has 21 heavy (non-hydrogen) atoms. The van der Waals surface area contributed by atoms with Crippen LogP contribution in [0.25, 0.3) is 5.57 Å². The van der Waals surface area contributed by atoms with E-state index in [-0.39, 0.29) is 11.1 Å². The number of aromatic nitrogens is 2. The number of hydrogen-bond donors (Lipinski definition) is 0. The monoisotopic (exact) mass is 304 g/mol. The van der Waals surface area contributed by atoms with Crippen molar-refractivity contribution < 1.29 is 4.39 Å². The molecule has 0 aliphatic heterocycles. The van der Waals surface area contributed by atoms with Crippen molar-refractivity contribution in [1.82, 2.24) is 9.97 Å². The Labute approximate surface area is 129 Å². The Balaban J connectivity index is 2.57. The fourth-order valence-electron chi connectivity index (χ4n) is 2.27. The van der Waals surface area contributed by atoms with Gasteiger partial charge in [-0.15, -0.1) is 0 Å². The zero-order valence-electron chi connectivity index (χ0n) is 12.5. The molecule has 0 unspecified atom stereocenters. The summed E-state index contributed by atoms with van der Waals surface area (Å²) in [5.41, 5.74) is 3.92. The van der Waals surface area contributed by atoms with Crippen LogP contribution in [0.3, 0.4) is 0 Å². The van der Waals surface area contributed by atoms with E-state index < -0.39 is 0 Å². The molecule has 0 N–H and O–H groups in total. The summed E-state index contributed by atoms with van der Waals surface area (Å²) in [5, 5.41) is 0.203. The van der Waals surface area contributed by atoms with Gasteiger partial charge in [-0.2, -0.15) is 0 Å². The van der Waals surface area contributed by atoms with Crippen molar-refractivity contribution in [2.24, 2.45) is 0 Å². The van der Waals surface area contributed by atoms with Crippen LogP contribution >= 0.6 is 11.6 Å². The van der Waals surface area contributed by atoms with E-state index in [0.29, 0.717) is 5.56 Å². The molecule has 110 valence electrons. The van der Waals surface area contributed by atoms with E-state index in [2.05, 4.69) is 9.97 Å². The lowest BCUT2D eigenvalue weighted by Crippen LogP contribution is -1.99. The van der Waals surface area contributed by atoms with E-state index in [1.54, 1.807) is 12.3 Å². The van der Waals surface area contributed by atoms with Gasteiger partial charge in [-0.3, -0.25) is 0 Å². The normalized spacial score (nSPS) is 11.8. The maximum absolute atomic E-state index is 14.4. The van der Waals surface area contributed by atoms with E-state index in [1.807, 2.05) is 39.0 Å². The van der Waals surface area contributed by atoms with Crippen LogP contribution in [-0.2, 0) is 6.42 Å². The van der Waals surface area contributed by atoms with Gasteiger partial charge < -0.3 is 0 Å². The van der Waals surface area contributed by atoms with E-state index in [4.69, 9.17) is 11.6 Å². The molecule has 0 saturated carbocycles. The third kappa shape index (κ3) is 3.48. The third-order valence-corrected chi connectivity index (χ3v) is 3.56. The lowest BCUT2D eigenvalue weighted by molar-refractivity contribution is 0.622. The van der Waals surface area contributed by atoms with Crippen LogP contribution in [0.4, 0.5) is 4.39 Å². The average molecular weight is 305 g/mol. The number of halogens is 2. The van der Waals surface area contributed by atoms with E-state index >= 15 is 0 Å². The summed E-state index contributed by atoms with van der Waals surface area (Å²) in [7, 11) is 0. The van der Waals surface area contributed by atoms with Crippen molar-refractivity contribution in [3.8, 4) is 0 Å². The van der Waals surface area contributed by atoms with Gasteiger partial charge in [0.15, 0.2) is 0 Å². The summed E-state index contributed by atoms with van der Waals surface area (Å²) in [4.78, 5) is 8.18. The van der Waals surface area contributed by atoms with Crippen LogP contribution in [0.1, 0.15) is 42.7 Å². The Morgan fingerprint density at radius 3 is 2.62 bits per heavy atom. The molecule has 0 bridgehead atoms. The fourth-order valence-corrected chi connectivity index (χ4v) is 2.44. The third-order valence-electron chi connectivity index (χ3n) is 3.38. The first-order valence-electron chi connectivity index (χ1n) is 7.05. The van der Waals surface area contributed by atoms with Gasteiger partial charge in [0.05, 0.1) is 5.69 Å². The van der Waals surface area contributed by atoms with E-state index in [1.165, 1.54) is 0 Å². The molecule has 0 saturated heterocycles. The van der Waals surface area contributed by atoms with Gasteiger partial charge in [-0.05, 0) is 48.6 Å². The summed E-state index contributed by atoms with van der Waals surface area (Å²) in [6.07, 6.45) is 5.25. The van der Waals surface area contributed by atoms with Crippen LogP contribution in [0.15, 0.2) is 30.5 Å². The van der Waals surface area contributed by atoms with Gasteiger partial charge in [0.25, 0.3) is 0 Å². The highest BCUT2D eigenvalue weighted by molar-refractivity contribution is 6.28. The molecule has 2 rings (SSSR count). The van der Waals surface area contributed by atoms with Gasteiger partial charge in [-0.1, -0.05) is 32.1 Å². The first-order chi connectivity index (χ1) is 10.1. The topological polar surface area (TPSA) is 25.8 Å². The largest absolute Gasteiger partial charge is 0.226 e. The Morgan fingerprint density at radius 2 is 2.05 bits per heavy atom. The number of nitrogens with zero attached hydrogens (tertiary/aromatic N) is 2. The maximum Gasteiger partial charge on any atom is 0.222 e. The molecule has 4 heteroatoms. The number of benzene rings is 1. The average Bonchev–Trinajstić information content (AvgIpc) is 2.46. The molecule has 0 aliphatic carbocycles. The first kappa shape index (κ1) is 15.6. The number of allylic oxidation sites excluding steroid dienone is 1. The molecule has 1 aromatic carbocycles. The Hall–Kier alpha value is -1.74. The van der Waals surface area contributed by atoms with Crippen molar-refractivity contribution in [3.05, 3.63) is 64.0 Å². The lowest BCUT2D eigenvalue weighted by Gasteiger charge is -2.12. The molecule has 1 heterocycles. The highest BCUT2D eigenvalue weighted by Crippen LogP contribution is 2.28. The molecule has 1 aromatic heterocycles. The lowest BCUT2D eigenvalue weighted by atomic mass is 9.95. The molecule has 0 radical (unpaired) electrons. The van der Waals surface area contributed by atoms with Crippen molar-refractivity contribution in [1.29, 1.82) is 0 Å². The minimum absolute atomic E-state index is 0.203. The highest BCUT2D eigenvalue weighted by Gasteiger charge is 2.14. The second-order valence-corrected chi connectivity index (χ2v) is 5.17. The minimum Gasteiger partial charge on any atom is -0.226 e. The van der Waals surface area contributed by atoms with Crippen LogP contribution in [-0.4, -0.2) is 9.97 Å². The second-order valence-electron chi connectivity index (χ2n) is 4.83. The van der Waals surface area contributed by atoms with Gasteiger partial charge in [0.1, 0.15) is 5.82 Å².